The lowest BCUT2D eigenvalue weighted by Crippen LogP contribution is -2.28. The van der Waals surface area contributed by atoms with E-state index in [1.54, 1.807) is 42.5 Å². The molecule has 0 saturated heterocycles. The van der Waals surface area contributed by atoms with Crippen LogP contribution in [0.4, 0.5) is 5.69 Å². The molecule has 0 unspecified atom stereocenters. The van der Waals surface area contributed by atoms with Crippen LogP contribution in [0.25, 0.3) is 0 Å². The monoisotopic (exact) mass is 465 g/mol. The number of rotatable bonds is 5. The van der Waals surface area contributed by atoms with Gasteiger partial charge in [0.15, 0.2) is 6.61 Å². The van der Waals surface area contributed by atoms with Crippen LogP contribution in [-0.2, 0) is 24.3 Å². The van der Waals surface area contributed by atoms with Gasteiger partial charge in [0.1, 0.15) is 11.9 Å². The Kier molecular flexibility index (Phi) is 5.80. The van der Waals surface area contributed by atoms with Crippen molar-refractivity contribution in [2.45, 2.75) is 17.9 Å². The maximum absolute atomic E-state index is 12.1. The van der Waals surface area contributed by atoms with E-state index in [1.165, 1.54) is 13.0 Å². The van der Waals surface area contributed by atoms with E-state index in [1.807, 2.05) is 0 Å². The van der Waals surface area contributed by atoms with Crippen molar-refractivity contribution in [1.29, 1.82) is 0 Å². The fraction of sp³-hybridized carbons (Fsp3) is 0.167. The van der Waals surface area contributed by atoms with E-state index in [-0.39, 0.29) is 10.7 Å². The largest absolute Gasteiger partial charge is 0.454 e. The molecule has 0 fully saturated rings. The van der Waals surface area contributed by atoms with Gasteiger partial charge in [-0.2, -0.15) is 0 Å². The van der Waals surface area contributed by atoms with Gasteiger partial charge in [-0.15, -0.1) is 0 Å². The van der Waals surface area contributed by atoms with E-state index >= 15 is 0 Å². The molecule has 0 aromatic heterocycles. The third-order valence-corrected chi connectivity index (χ3v) is 5.91. The Bertz CT molecular complexity index is 1070. The summed E-state index contributed by atoms with van der Waals surface area (Å²) in [6.45, 7) is 0.966. The highest BCUT2D eigenvalue weighted by Gasteiger charge is 2.31. The number of carbonyl (C=O) groups is 2. The van der Waals surface area contributed by atoms with Gasteiger partial charge in [-0.05, 0) is 47.1 Å². The number of ether oxygens (including phenoxy) is 1. The van der Waals surface area contributed by atoms with Crippen LogP contribution in [0.3, 0.4) is 0 Å². The molecule has 10 heteroatoms. The van der Waals surface area contributed by atoms with Crippen LogP contribution < -0.4 is 10.0 Å². The van der Waals surface area contributed by atoms with Gasteiger partial charge in [-0.25, -0.2) is 13.2 Å². The molecule has 146 valence electrons. The van der Waals surface area contributed by atoms with Gasteiger partial charge in [0.05, 0.1) is 10.6 Å². The van der Waals surface area contributed by atoms with Crippen molar-refractivity contribution >= 4 is 49.4 Å². The van der Waals surface area contributed by atoms with Crippen LogP contribution in [-0.4, -0.2) is 38.8 Å². The Hall–Kier alpha value is -2.72. The molecule has 1 aliphatic rings. The van der Waals surface area contributed by atoms with Crippen LogP contribution >= 0.6 is 15.9 Å². The molecule has 1 atom stereocenters. The van der Waals surface area contributed by atoms with E-state index < -0.39 is 34.5 Å². The second-order valence-corrected chi connectivity index (χ2v) is 8.40. The quantitative estimate of drug-likeness (QED) is 0.655. The van der Waals surface area contributed by atoms with Gasteiger partial charge in [0.25, 0.3) is 15.9 Å². The smallest absolute Gasteiger partial charge is 0.331 e. The number of esters is 1. The summed E-state index contributed by atoms with van der Waals surface area (Å²) in [5.74, 6) is -1.19. The molecule has 2 N–H and O–H groups in total. The maximum atomic E-state index is 12.1. The minimum Gasteiger partial charge on any atom is -0.454 e. The van der Waals surface area contributed by atoms with Gasteiger partial charge in [0, 0.05) is 10.0 Å². The van der Waals surface area contributed by atoms with Crippen molar-refractivity contribution in [3.05, 3.63) is 58.6 Å². The number of benzene rings is 2. The second kappa shape index (κ2) is 8.11. The van der Waals surface area contributed by atoms with Crippen molar-refractivity contribution < 1.29 is 22.7 Å². The van der Waals surface area contributed by atoms with Gasteiger partial charge < -0.3 is 10.1 Å². The standard InChI is InChI=1S/C18H16BrN3O5S/c1-11(20-17-12-6-2-5-9-15(12)28(25,26)22-17)18(24)27-10-16(23)21-14-8-4-3-7-13(14)19/h2-9,11H,10H2,1H3,(H,20,22)(H,21,23)/t11-/m0/s1. The van der Waals surface area contributed by atoms with E-state index in [0.29, 0.717) is 15.7 Å². The third-order valence-electron chi connectivity index (χ3n) is 3.82. The SMILES string of the molecule is C[C@H](N=C1NS(=O)(=O)c2ccccc21)C(=O)OCC(=O)Nc1ccccc1Br. The zero-order chi connectivity index (χ0) is 20.3. The highest BCUT2D eigenvalue weighted by atomic mass is 79.9. The number of amidine groups is 1. The first-order valence-corrected chi connectivity index (χ1v) is 10.5. The van der Waals surface area contributed by atoms with Crippen LogP contribution in [0.15, 0.2) is 62.9 Å². The topological polar surface area (TPSA) is 114 Å². The summed E-state index contributed by atoms with van der Waals surface area (Å²) in [7, 11) is -3.69. The van der Waals surface area contributed by atoms with Gasteiger partial charge in [0.2, 0.25) is 0 Å². The Morgan fingerprint density at radius 2 is 1.86 bits per heavy atom. The van der Waals surface area contributed by atoms with Crippen LogP contribution in [0.5, 0.6) is 0 Å². The normalized spacial score (nSPS) is 16.7. The van der Waals surface area contributed by atoms with Crippen molar-refractivity contribution in [2.24, 2.45) is 4.99 Å². The lowest BCUT2D eigenvalue weighted by Gasteiger charge is -2.10. The number of halogens is 1. The molecule has 0 bridgehead atoms. The van der Waals surface area contributed by atoms with Gasteiger partial charge >= 0.3 is 5.97 Å². The Labute approximate surface area is 170 Å². The second-order valence-electron chi connectivity index (χ2n) is 5.89. The first-order valence-electron chi connectivity index (χ1n) is 8.19. The summed E-state index contributed by atoms with van der Waals surface area (Å²) in [5, 5.41) is 2.61. The predicted octanol–water partition coefficient (Wildman–Crippen LogP) is 2.06. The number of nitrogens with zero attached hydrogens (tertiary/aromatic N) is 1. The van der Waals surface area contributed by atoms with Crippen molar-refractivity contribution in [2.75, 3.05) is 11.9 Å². The molecule has 8 nitrogen and oxygen atoms in total. The molecule has 1 aliphatic heterocycles. The fourth-order valence-corrected chi connectivity index (χ4v) is 4.11. The number of amides is 1. The van der Waals surface area contributed by atoms with Crippen LogP contribution in [0.1, 0.15) is 12.5 Å². The molecule has 0 aliphatic carbocycles. The van der Waals surface area contributed by atoms with E-state index in [9.17, 15) is 18.0 Å². The summed E-state index contributed by atoms with van der Waals surface area (Å²) >= 11 is 3.30. The fourth-order valence-electron chi connectivity index (χ4n) is 2.48. The number of aliphatic imine (C=N–C) groups is 1. The molecule has 1 amide bonds. The molecular formula is C18H16BrN3O5S. The Balaban J connectivity index is 1.62. The number of anilines is 1. The number of nitrogens with one attached hydrogen (secondary N) is 2. The average molecular weight is 466 g/mol. The molecule has 1 heterocycles. The number of para-hydroxylation sites is 1. The van der Waals surface area contributed by atoms with Crippen molar-refractivity contribution in [3.8, 4) is 0 Å². The minimum atomic E-state index is -3.69. The number of sulfonamides is 1. The highest BCUT2D eigenvalue weighted by molar-refractivity contribution is 9.10. The molecule has 0 radical (unpaired) electrons. The number of hydrogen-bond acceptors (Lipinski definition) is 6. The van der Waals surface area contributed by atoms with Crippen molar-refractivity contribution in [3.63, 3.8) is 0 Å². The van der Waals surface area contributed by atoms with Crippen LogP contribution in [0, 0.1) is 0 Å². The average Bonchev–Trinajstić information content (AvgIpc) is 2.92. The summed E-state index contributed by atoms with van der Waals surface area (Å²) in [6.07, 6.45) is 0. The van der Waals surface area contributed by atoms with Crippen molar-refractivity contribution in [1.82, 2.24) is 4.72 Å². The number of carbonyl (C=O) groups excluding carboxylic acids is 2. The molecule has 28 heavy (non-hydrogen) atoms. The molecule has 2 aromatic carbocycles. The first-order chi connectivity index (χ1) is 13.3. The Morgan fingerprint density at radius 3 is 2.61 bits per heavy atom. The molecule has 3 rings (SSSR count). The minimum absolute atomic E-state index is 0.0673. The predicted molar refractivity (Wildman–Crippen MR) is 106 cm³/mol. The summed E-state index contributed by atoms with van der Waals surface area (Å²) in [5.41, 5.74) is 0.933. The third kappa shape index (κ3) is 4.39. The van der Waals surface area contributed by atoms with Gasteiger partial charge in [-0.1, -0.05) is 24.3 Å². The van der Waals surface area contributed by atoms with E-state index in [2.05, 4.69) is 31.0 Å². The van der Waals surface area contributed by atoms with Crippen LogP contribution in [0.2, 0.25) is 0 Å². The first kappa shape index (κ1) is 20.0. The van der Waals surface area contributed by atoms with E-state index in [4.69, 9.17) is 4.74 Å². The number of hydrogen-bond donors (Lipinski definition) is 2. The summed E-state index contributed by atoms with van der Waals surface area (Å²) in [6, 6.07) is 12.3. The molecule has 0 spiro atoms. The Morgan fingerprint density at radius 1 is 1.18 bits per heavy atom. The highest BCUT2D eigenvalue weighted by Crippen LogP contribution is 2.23. The van der Waals surface area contributed by atoms with E-state index in [0.717, 1.165) is 0 Å². The molecule has 0 saturated carbocycles. The summed E-state index contributed by atoms with van der Waals surface area (Å²) in [4.78, 5) is 28.3. The van der Waals surface area contributed by atoms with Gasteiger partial charge in [-0.3, -0.25) is 14.5 Å². The zero-order valence-corrected chi connectivity index (χ0v) is 17.1. The molecular weight excluding hydrogens is 450 g/mol. The maximum Gasteiger partial charge on any atom is 0.331 e. The lowest BCUT2D eigenvalue weighted by molar-refractivity contribution is -0.148. The number of fused-ring (bicyclic) bond motifs is 1. The summed E-state index contributed by atoms with van der Waals surface area (Å²) < 4.78 is 32.1. The molecule has 2 aromatic rings. The lowest BCUT2D eigenvalue weighted by atomic mass is 10.2. The zero-order valence-electron chi connectivity index (χ0n) is 14.7.